The van der Waals surface area contributed by atoms with E-state index in [0.717, 1.165) is 44.5 Å². The molecule has 2 aromatic rings. The van der Waals surface area contributed by atoms with Gasteiger partial charge in [-0.05, 0) is 55.5 Å². The van der Waals surface area contributed by atoms with Gasteiger partial charge in [0.15, 0.2) is 0 Å². The number of ether oxygens (including phenoxy) is 1. The smallest absolute Gasteiger partial charge is 0.254 e. The van der Waals surface area contributed by atoms with Gasteiger partial charge in [-0.3, -0.25) is 9.59 Å². The maximum atomic E-state index is 13.3. The zero-order valence-corrected chi connectivity index (χ0v) is 18.7. The van der Waals surface area contributed by atoms with Gasteiger partial charge in [-0.15, -0.1) is 0 Å². The maximum Gasteiger partial charge on any atom is 0.254 e. The minimum absolute atomic E-state index is 0.0419. The zero-order valence-electron chi connectivity index (χ0n) is 18.7. The summed E-state index contributed by atoms with van der Waals surface area (Å²) in [4.78, 5) is 29.9. The lowest BCUT2D eigenvalue weighted by Gasteiger charge is -2.29. The third kappa shape index (κ3) is 6.69. The summed E-state index contributed by atoms with van der Waals surface area (Å²) in [6.45, 7) is 6.42. The van der Waals surface area contributed by atoms with Crippen LogP contribution in [0.1, 0.15) is 61.2 Å². The molecule has 1 fully saturated rings. The van der Waals surface area contributed by atoms with Crippen molar-refractivity contribution in [3.05, 3.63) is 59.5 Å². The van der Waals surface area contributed by atoms with Gasteiger partial charge >= 0.3 is 0 Å². The summed E-state index contributed by atoms with van der Waals surface area (Å²) >= 11 is 0. The summed E-state index contributed by atoms with van der Waals surface area (Å²) in [6, 6.07) is 11.4. The number of rotatable bonds is 11. The molecule has 1 aliphatic heterocycles. The molecule has 0 aliphatic carbocycles. The van der Waals surface area contributed by atoms with E-state index in [9.17, 15) is 9.59 Å². The lowest BCUT2D eigenvalue weighted by atomic mass is 10.1. The Labute approximate surface area is 185 Å². The van der Waals surface area contributed by atoms with Crippen LogP contribution in [0, 0.1) is 0 Å². The van der Waals surface area contributed by atoms with Gasteiger partial charge < -0.3 is 19.0 Å². The van der Waals surface area contributed by atoms with Gasteiger partial charge in [0.1, 0.15) is 12.3 Å². The zero-order chi connectivity index (χ0) is 22.1. The van der Waals surface area contributed by atoms with E-state index in [1.807, 2.05) is 36.4 Å². The first-order chi connectivity index (χ1) is 15.1. The number of hydrogen-bond donors (Lipinski definition) is 0. The van der Waals surface area contributed by atoms with E-state index < -0.39 is 0 Å². The molecular formula is C25H34N2O4. The average Bonchev–Trinajstić information content (AvgIpc) is 3.50. The van der Waals surface area contributed by atoms with Crippen molar-refractivity contribution < 1.29 is 18.7 Å². The summed E-state index contributed by atoms with van der Waals surface area (Å²) in [7, 11) is 0. The van der Waals surface area contributed by atoms with Crippen LogP contribution in [0.4, 0.5) is 0 Å². The van der Waals surface area contributed by atoms with Crippen LogP contribution in [0.2, 0.25) is 0 Å². The van der Waals surface area contributed by atoms with Crippen LogP contribution >= 0.6 is 0 Å². The Morgan fingerprint density at radius 1 is 1.10 bits per heavy atom. The molecule has 1 aromatic heterocycles. The Bertz CT molecular complexity index is 811. The van der Waals surface area contributed by atoms with Crippen molar-refractivity contribution in [2.24, 2.45) is 0 Å². The molecule has 0 N–H and O–H groups in total. The molecule has 0 radical (unpaired) electrons. The molecule has 2 heterocycles. The Balaban J connectivity index is 1.72. The summed E-state index contributed by atoms with van der Waals surface area (Å²) in [5, 5.41) is 0. The highest BCUT2D eigenvalue weighted by atomic mass is 16.5. The maximum absolute atomic E-state index is 13.3. The Morgan fingerprint density at radius 3 is 2.52 bits per heavy atom. The molecular weight excluding hydrogens is 392 g/mol. The van der Waals surface area contributed by atoms with E-state index in [1.54, 1.807) is 16.1 Å². The summed E-state index contributed by atoms with van der Waals surface area (Å²) < 4.78 is 11.2. The minimum atomic E-state index is -0.0977. The third-order valence-corrected chi connectivity index (χ3v) is 5.73. The van der Waals surface area contributed by atoms with Crippen molar-refractivity contribution in [2.75, 3.05) is 26.2 Å². The molecule has 1 saturated heterocycles. The molecule has 0 bridgehead atoms. The molecule has 6 heteroatoms. The van der Waals surface area contributed by atoms with E-state index in [2.05, 4.69) is 13.8 Å². The molecule has 31 heavy (non-hydrogen) atoms. The molecule has 1 aliphatic rings. The lowest BCUT2D eigenvalue weighted by Crippen LogP contribution is -2.45. The topological polar surface area (TPSA) is 63.0 Å². The number of hydrogen-bond acceptors (Lipinski definition) is 4. The molecule has 6 nitrogen and oxygen atoms in total. The third-order valence-electron chi connectivity index (χ3n) is 5.73. The highest BCUT2D eigenvalue weighted by Gasteiger charge is 2.26. The average molecular weight is 427 g/mol. The molecule has 3 rings (SSSR count). The quantitative estimate of drug-likeness (QED) is 0.538. The predicted molar refractivity (Wildman–Crippen MR) is 120 cm³/mol. The van der Waals surface area contributed by atoms with Gasteiger partial charge in [-0.2, -0.15) is 0 Å². The van der Waals surface area contributed by atoms with Crippen molar-refractivity contribution in [2.45, 2.75) is 58.6 Å². The summed E-state index contributed by atoms with van der Waals surface area (Å²) in [6.07, 6.45) is 6.36. The van der Waals surface area contributed by atoms with Gasteiger partial charge in [0, 0.05) is 25.3 Å². The number of benzene rings is 1. The van der Waals surface area contributed by atoms with E-state index in [0.29, 0.717) is 25.2 Å². The van der Waals surface area contributed by atoms with Crippen LogP contribution in [-0.2, 0) is 22.5 Å². The first-order valence-electron chi connectivity index (χ1n) is 11.4. The molecule has 0 spiro atoms. The number of furan rings is 1. The SMILES string of the molecule is CCCCN(CC(=O)N(Cc1ccco1)CC1CCCO1)C(=O)c1ccc(CC)cc1. The molecule has 1 aromatic carbocycles. The first-order valence-corrected chi connectivity index (χ1v) is 11.4. The normalized spacial score (nSPS) is 15.7. The molecule has 168 valence electrons. The van der Waals surface area contributed by atoms with Crippen molar-refractivity contribution in [1.82, 2.24) is 9.80 Å². The first kappa shape index (κ1) is 23.1. The second-order valence-electron chi connectivity index (χ2n) is 8.12. The largest absolute Gasteiger partial charge is 0.467 e. The van der Waals surface area contributed by atoms with Crippen LogP contribution in [0.25, 0.3) is 0 Å². The predicted octanol–water partition coefficient (Wildman–Crippen LogP) is 4.29. The highest BCUT2D eigenvalue weighted by Crippen LogP contribution is 2.17. The Morgan fingerprint density at radius 2 is 1.90 bits per heavy atom. The molecule has 1 atom stereocenters. The number of aryl methyl sites for hydroxylation is 1. The Kier molecular flexibility index (Phi) is 8.71. The molecule has 2 amide bonds. The van der Waals surface area contributed by atoms with Crippen LogP contribution in [0.3, 0.4) is 0 Å². The van der Waals surface area contributed by atoms with E-state index in [4.69, 9.17) is 9.15 Å². The van der Waals surface area contributed by atoms with E-state index in [-0.39, 0.29) is 24.5 Å². The second kappa shape index (κ2) is 11.7. The summed E-state index contributed by atoms with van der Waals surface area (Å²) in [5.41, 5.74) is 1.81. The highest BCUT2D eigenvalue weighted by molar-refractivity contribution is 5.96. The van der Waals surface area contributed by atoms with Gasteiger partial charge in [-0.25, -0.2) is 0 Å². The van der Waals surface area contributed by atoms with Crippen LogP contribution in [0.15, 0.2) is 47.1 Å². The van der Waals surface area contributed by atoms with Crippen molar-refractivity contribution in [1.29, 1.82) is 0 Å². The summed E-state index contributed by atoms with van der Waals surface area (Å²) in [5.74, 6) is 0.550. The van der Waals surface area contributed by atoms with Crippen LogP contribution < -0.4 is 0 Å². The molecule has 0 saturated carbocycles. The number of nitrogens with zero attached hydrogens (tertiary/aromatic N) is 2. The van der Waals surface area contributed by atoms with Gasteiger partial charge in [0.25, 0.3) is 5.91 Å². The van der Waals surface area contributed by atoms with Crippen molar-refractivity contribution in [3.63, 3.8) is 0 Å². The van der Waals surface area contributed by atoms with Crippen molar-refractivity contribution in [3.8, 4) is 0 Å². The monoisotopic (exact) mass is 426 g/mol. The number of unbranched alkanes of at least 4 members (excludes halogenated alkanes) is 1. The number of carbonyl (C=O) groups is 2. The second-order valence-corrected chi connectivity index (χ2v) is 8.12. The van der Waals surface area contributed by atoms with Gasteiger partial charge in [-0.1, -0.05) is 32.4 Å². The van der Waals surface area contributed by atoms with Crippen LogP contribution in [-0.4, -0.2) is 54.0 Å². The standard InChI is InChI=1S/C25H34N2O4/c1-3-5-14-26(25(29)21-12-10-20(4-2)11-13-21)19-24(28)27(17-22-8-6-15-30-22)18-23-9-7-16-31-23/h6,8,10-13,15,23H,3-5,7,9,14,16-19H2,1-2H3. The van der Waals surface area contributed by atoms with Crippen molar-refractivity contribution >= 4 is 11.8 Å². The van der Waals surface area contributed by atoms with E-state index >= 15 is 0 Å². The van der Waals surface area contributed by atoms with Gasteiger partial charge in [0.05, 0.1) is 18.9 Å². The fourth-order valence-corrected chi connectivity index (χ4v) is 3.81. The fraction of sp³-hybridized carbons (Fsp3) is 0.520. The van der Waals surface area contributed by atoms with Gasteiger partial charge in [0.2, 0.25) is 5.91 Å². The number of amides is 2. The van der Waals surface area contributed by atoms with Crippen LogP contribution in [0.5, 0.6) is 0 Å². The fourth-order valence-electron chi connectivity index (χ4n) is 3.81. The number of carbonyl (C=O) groups excluding carboxylic acids is 2. The minimum Gasteiger partial charge on any atom is -0.467 e. The van der Waals surface area contributed by atoms with E-state index in [1.165, 1.54) is 5.56 Å². The lowest BCUT2D eigenvalue weighted by molar-refractivity contribution is -0.134. The Hall–Kier alpha value is -2.60. The molecule has 1 unspecified atom stereocenters.